The average Bonchev–Trinajstić information content (AvgIpc) is 3.65. The van der Waals surface area contributed by atoms with Crippen molar-refractivity contribution in [2.75, 3.05) is 11.5 Å². The summed E-state index contributed by atoms with van der Waals surface area (Å²) < 4.78 is 267. The first-order chi connectivity index (χ1) is 27.2. The van der Waals surface area contributed by atoms with Gasteiger partial charge < -0.3 is 41.0 Å². The van der Waals surface area contributed by atoms with E-state index in [0.717, 1.165) is 11.3 Å². The van der Waals surface area contributed by atoms with Gasteiger partial charge in [0.05, 0.1) is 12.7 Å². The molecule has 0 aliphatic heterocycles. The van der Waals surface area contributed by atoms with E-state index >= 15 is 0 Å². The Labute approximate surface area is 324 Å². The summed E-state index contributed by atoms with van der Waals surface area (Å²) in [6.07, 6.45) is -55.8. The van der Waals surface area contributed by atoms with Crippen LogP contribution in [0, 0.1) is 0 Å². The van der Waals surface area contributed by atoms with E-state index in [0.29, 0.717) is 22.7 Å². The molecular formula is C24H22F24N10O4. The summed E-state index contributed by atoms with van der Waals surface area (Å²) in [6, 6.07) is 0. The maximum absolute atomic E-state index is 11.0. The molecule has 14 nitrogen and oxygen atoms in total. The van der Waals surface area contributed by atoms with Gasteiger partial charge in [-0.1, -0.05) is 0 Å². The molecule has 4 heterocycles. The summed E-state index contributed by atoms with van der Waals surface area (Å²) in [5, 5.41) is 29.9. The van der Waals surface area contributed by atoms with Gasteiger partial charge in [0.25, 0.3) is 0 Å². The van der Waals surface area contributed by atoms with E-state index in [4.69, 9.17) is 31.9 Å². The number of fused-ring (bicyclic) bond motifs is 2. The Bertz CT molecular complexity index is 1670. The number of aryl methyl sites for hydroxylation is 2. The lowest BCUT2D eigenvalue weighted by Gasteiger charge is -2.16. The molecule has 0 fully saturated rings. The number of halogens is 24. The van der Waals surface area contributed by atoms with Gasteiger partial charge in [-0.25, -0.2) is 29.9 Å². The van der Waals surface area contributed by atoms with Crippen LogP contribution in [0.15, 0.2) is 25.3 Å². The van der Waals surface area contributed by atoms with E-state index in [2.05, 4.69) is 29.9 Å². The third-order valence-electron chi connectivity index (χ3n) is 5.53. The molecular weight excluding hydrogens is 948 g/mol. The number of aliphatic hydroxyl groups excluding tert-OH is 4. The van der Waals surface area contributed by atoms with Crippen molar-refractivity contribution in [2.45, 2.75) is 73.8 Å². The second-order valence-corrected chi connectivity index (χ2v) is 10.5. The Morgan fingerprint density at radius 2 is 0.548 bits per heavy atom. The third-order valence-corrected chi connectivity index (χ3v) is 5.53. The Hall–Kier alpha value is -5.14. The molecule has 0 bridgehead atoms. The van der Waals surface area contributed by atoms with Crippen LogP contribution in [-0.4, -0.2) is 133 Å². The molecule has 0 atom stereocenters. The van der Waals surface area contributed by atoms with Crippen molar-refractivity contribution < 1.29 is 126 Å². The van der Waals surface area contributed by atoms with Gasteiger partial charge in [0.2, 0.25) is 24.4 Å². The number of nitrogen functional groups attached to an aromatic ring is 2. The first kappa shape index (κ1) is 59.0. The molecule has 0 unspecified atom stereocenters. The number of anilines is 2. The van der Waals surface area contributed by atoms with Crippen LogP contribution in [0.25, 0.3) is 22.3 Å². The van der Waals surface area contributed by atoms with E-state index in [1.54, 1.807) is 21.8 Å². The summed E-state index contributed by atoms with van der Waals surface area (Å²) in [7, 11) is 3.73. The monoisotopic (exact) mass is 970 g/mol. The highest BCUT2D eigenvalue weighted by Gasteiger charge is 2.58. The highest BCUT2D eigenvalue weighted by Crippen LogP contribution is 2.35. The maximum atomic E-state index is 11.0. The van der Waals surface area contributed by atoms with Crippen LogP contribution < -0.4 is 11.5 Å². The summed E-state index contributed by atoms with van der Waals surface area (Å²) in [6.45, 7) is 0. The molecule has 38 heteroatoms. The molecule has 0 spiro atoms. The van der Waals surface area contributed by atoms with Gasteiger partial charge in [-0.2, -0.15) is 105 Å². The third kappa shape index (κ3) is 20.2. The number of hydrogen-bond donors (Lipinski definition) is 6. The molecule has 8 N–H and O–H groups in total. The van der Waals surface area contributed by atoms with Crippen LogP contribution in [0.2, 0.25) is 0 Å². The lowest BCUT2D eigenvalue weighted by Crippen LogP contribution is -2.41. The lowest BCUT2D eigenvalue weighted by atomic mass is 10.3. The molecule has 4 aromatic rings. The predicted molar refractivity (Wildman–Crippen MR) is 154 cm³/mol. The molecule has 0 radical (unpaired) electrons. The van der Waals surface area contributed by atoms with Crippen molar-refractivity contribution >= 4 is 34.0 Å². The Morgan fingerprint density at radius 3 is 0.677 bits per heavy atom. The van der Waals surface area contributed by atoms with Crippen molar-refractivity contribution in [3.63, 3.8) is 0 Å². The summed E-state index contributed by atoms with van der Waals surface area (Å²) in [5.41, 5.74) is 13.9. The van der Waals surface area contributed by atoms with Gasteiger partial charge in [0.15, 0.2) is 22.9 Å². The zero-order valence-electron chi connectivity index (χ0n) is 29.2. The van der Waals surface area contributed by atoms with Crippen molar-refractivity contribution in [3.8, 4) is 0 Å². The summed E-state index contributed by atoms with van der Waals surface area (Å²) in [4.78, 5) is 23.7. The van der Waals surface area contributed by atoms with Crippen LogP contribution in [0.1, 0.15) is 0 Å². The molecule has 0 saturated carbocycles. The first-order valence-corrected chi connectivity index (χ1v) is 14.2. The van der Waals surface area contributed by atoms with E-state index in [1.807, 2.05) is 14.1 Å². The fraction of sp³-hybridized carbons (Fsp3) is 0.583. The topological polar surface area (TPSA) is 220 Å². The average molecular weight is 970 g/mol. The van der Waals surface area contributed by atoms with Crippen LogP contribution in [0.5, 0.6) is 0 Å². The Morgan fingerprint density at radius 1 is 0.371 bits per heavy atom. The Balaban J connectivity index is 0. The molecule has 0 saturated heterocycles. The summed E-state index contributed by atoms with van der Waals surface area (Å²) in [5.74, 6) is 0.853. The second kappa shape index (κ2) is 21.3. The minimum absolute atomic E-state index is 0.426. The van der Waals surface area contributed by atoms with Gasteiger partial charge in [0, 0.05) is 14.1 Å². The number of aliphatic hydroxyl groups is 4. The van der Waals surface area contributed by atoms with Crippen LogP contribution >= 0.6 is 0 Å². The van der Waals surface area contributed by atoms with Crippen molar-refractivity contribution in [2.24, 2.45) is 14.1 Å². The quantitative estimate of drug-likeness (QED) is 0.116. The normalized spacial score (nSPS) is 13.1. The van der Waals surface area contributed by atoms with Gasteiger partial charge >= 0.3 is 49.4 Å². The van der Waals surface area contributed by atoms with Crippen molar-refractivity contribution in [3.05, 3.63) is 25.3 Å². The van der Waals surface area contributed by atoms with Gasteiger partial charge in [0.1, 0.15) is 23.7 Å². The zero-order chi connectivity index (χ0) is 50.0. The van der Waals surface area contributed by atoms with Crippen molar-refractivity contribution in [1.82, 2.24) is 39.0 Å². The number of nitrogens with zero attached hydrogens (tertiary/aromatic N) is 8. The SMILES string of the molecule is Cn1cnc2c(N)ncnc21.Cn1cnc2c(N)ncnc21.OC(C(F)(F)F)C(F)(F)F.OC(C(F)(F)F)C(F)(F)F.OC(C(F)(F)F)C(F)(F)F.OC(C(F)(F)F)C(F)(F)F. The zero-order valence-corrected chi connectivity index (χ0v) is 29.2. The lowest BCUT2D eigenvalue weighted by molar-refractivity contribution is -0.309. The fourth-order valence-electron chi connectivity index (χ4n) is 2.67. The first-order valence-electron chi connectivity index (χ1n) is 14.2. The van der Waals surface area contributed by atoms with E-state index < -0.39 is 73.8 Å². The second-order valence-electron chi connectivity index (χ2n) is 10.5. The van der Waals surface area contributed by atoms with Crippen LogP contribution in [0.3, 0.4) is 0 Å². The van der Waals surface area contributed by atoms with Gasteiger partial charge in [-0.05, 0) is 0 Å². The number of imidazole rings is 2. The molecule has 360 valence electrons. The smallest absolute Gasteiger partial charge is 0.382 e. The maximum Gasteiger partial charge on any atom is 0.423 e. The van der Waals surface area contributed by atoms with Gasteiger partial charge in [-0.3, -0.25) is 0 Å². The van der Waals surface area contributed by atoms with Crippen LogP contribution in [0.4, 0.5) is 117 Å². The number of aromatic nitrogens is 8. The molecule has 0 aromatic carbocycles. The standard InChI is InChI=1S/2C6H7N5.4C3H2F6O/c2*1-11-3-10-4-5(7)8-2-9-6(4)11;4*4-2(5,6)1(10)3(7,8)9/h2*2-3H,1H3,(H2,7,8,9);4*1,10H. The molecule has 0 amide bonds. The molecule has 4 rings (SSSR count). The predicted octanol–water partition coefficient (Wildman–Crippen LogP) is 5.78. The van der Waals surface area contributed by atoms with E-state index in [1.165, 1.54) is 12.7 Å². The highest BCUT2D eigenvalue weighted by molar-refractivity contribution is 5.81. The molecule has 62 heavy (non-hydrogen) atoms. The van der Waals surface area contributed by atoms with E-state index in [-0.39, 0.29) is 0 Å². The number of nitrogens with two attached hydrogens (primary N) is 2. The van der Waals surface area contributed by atoms with Crippen molar-refractivity contribution in [1.29, 1.82) is 0 Å². The van der Waals surface area contributed by atoms with Crippen LogP contribution in [-0.2, 0) is 14.1 Å². The fourth-order valence-corrected chi connectivity index (χ4v) is 2.67. The minimum Gasteiger partial charge on any atom is -0.382 e. The minimum atomic E-state index is -5.63. The number of hydrogen-bond acceptors (Lipinski definition) is 12. The summed E-state index contributed by atoms with van der Waals surface area (Å²) >= 11 is 0. The molecule has 0 aliphatic rings. The van der Waals surface area contributed by atoms with E-state index in [9.17, 15) is 105 Å². The number of alkyl halides is 24. The number of rotatable bonds is 0. The van der Waals surface area contributed by atoms with Gasteiger partial charge in [-0.15, -0.1) is 0 Å². The Kier molecular flexibility index (Phi) is 20.2. The largest absolute Gasteiger partial charge is 0.423 e. The molecule has 4 aromatic heterocycles. The molecule has 0 aliphatic carbocycles. The highest BCUT2D eigenvalue weighted by atomic mass is 19.4.